The number of nitrogens with one attached hydrogen (secondary N) is 2. The number of fused-ring (bicyclic) bond motifs is 18. The molecule has 0 unspecified atom stereocenters. The van der Waals surface area contributed by atoms with Gasteiger partial charge in [0.2, 0.25) is 5.91 Å². The molecule has 0 radical (unpaired) electrons. The number of likely N-dealkylation sites (tertiary alicyclic amines) is 2. The van der Waals surface area contributed by atoms with E-state index in [0.29, 0.717) is 113 Å². The molecule has 13 nitrogen and oxygen atoms in total. The molecule has 13 heteroatoms. The normalized spacial score (nSPS) is 48.8. The average Bonchev–Trinajstić information content (AvgIpc) is 1.54. The van der Waals surface area contributed by atoms with E-state index in [-0.39, 0.29) is 65.5 Å². The number of benzene rings is 1. The van der Waals surface area contributed by atoms with E-state index in [0.717, 1.165) is 169 Å². The highest BCUT2D eigenvalue weighted by atomic mass is 16.6. The summed E-state index contributed by atoms with van der Waals surface area (Å²) in [7, 11) is 2.33. The van der Waals surface area contributed by atoms with Crippen molar-refractivity contribution < 1.29 is 43.2 Å². The number of Topliss-reactive ketones (excluding diaryl/α,β-unsaturated/α-hetero) is 2. The SMILES string of the molecule is C.CC1=C2C[C@H]3[C@@H](CC[C@@H]4CC(=O)/C(=C\O)C[C@@]43C)[C@@H]2CC[C@@]2(C1)O[C@@H]1C[C@H](C)CN(C(=O)OCc3ccccc3)[C@H]1[C@H]2C.CC1=C2C[C@H]3[C@@H](CC[C@@H]4CC(=O)CC[C@@]43C)[C@@H]2CC[C@@]2(C1)O[C@@H]1C[C@H](C)CN(C)[C@H]1[C@H]2C.CC1=C2C[C@H]3[C@@H](CC[C@@H]4CNC(=O)CC[C@@]43C)[C@@H]2CC[C@@]2(C1)O[C@@H]1C[C@H](C)CN[C@H]1[C@H]2C. The van der Waals surface area contributed by atoms with Crippen LogP contribution in [0.2, 0.25) is 0 Å². The summed E-state index contributed by atoms with van der Waals surface area (Å²) in [5.41, 5.74) is 12.4. The Kier molecular flexibility index (Phi) is 21.1. The van der Waals surface area contributed by atoms with Crippen molar-refractivity contribution in [2.75, 3.05) is 33.2 Å². The highest BCUT2D eigenvalue weighted by Crippen LogP contribution is 2.69. The van der Waals surface area contributed by atoms with Gasteiger partial charge in [-0.1, -0.05) is 134 Å². The minimum atomic E-state index is -0.251. The number of aliphatic hydroxyl groups excluding tert-OH is 1. The summed E-state index contributed by atoms with van der Waals surface area (Å²) in [6, 6.07) is 11.1. The fourth-order valence-electron chi connectivity index (χ4n) is 30.7. The van der Waals surface area contributed by atoms with Crippen LogP contribution in [0.3, 0.4) is 0 Å². The second-order valence-corrected chi connectivity index (χ2v) is 41.8. The van der Waals surface area contributed by atoms with Crippen LogP contribution >= 0.6 is 0 Å². The van der Waals surface area contributed by atoms with Crippen molar-refractivity contribution in [1.29, 1.82) is 0 Å². The van der Waals surface area contributed by atoms with Crippen LogP contribution in [0.1, 0.15) is 276 Å². The first-order valence-corrected chi connectivity index (χ1v) is 44.3. The molecule has 8 saturated carbocycles. The molecule has 3 N–H and O–H groups in total. The Morgan fingerprint density at radius 2 is 1.05 bits per heavy atom. The molecule has 18 aliphatic rings. The molecule has 0 aromatic heterocycles. The molecule has 108 heavy (non-hydrogen) atoms. The number of amides is 2. The molecule has 596 valence electrons. The van der Waals surface area contributed by atoms with Crippen LogP contribution < -0.4 is 10.6 Å². The van der Waals surface area contributed by atoms with Crippen molar-refractivity contribution in [3.8, 4) is 0 Å². The molecule has 30 atom stereocenters. The van der Waals surface area contributed by atoms with Gasteiger partial charge in [-0.25, -0.2) is 4.79 Å². The van der Waals surface area contributed by atoms with Crippen LogP contribution in [0.15, 0.2) is 75.6 Å². The maximum absolute atomic E-state index is 13.5. The summed E-state index contributed by atoms with van der Waals surface area (Å²) < 4.78 is 27.2. The van der Waals surface area contributed by atoms with Crippen LogP contribution in [0, 0.1) is 123 Å². The molecule has 1 aromatic carbocycles. The number of aliphatic hydroxyl groups is 1. The van der Waals surface area contributed by atoms with Gasteiger partial charge in [0.25, 0.3) is 0 Å². The highest BCUT2D eigenvalue weighted by molar-refractivity contribution is 5.96. The number of piperidine rings is 3. The zero-order valence-corrected chi connectivity index (χ0v) is 68.3. The summed E-state index contributed by atoms with van der Waals surface area (Å²) in [6.07, 6.45) is 33.0. The first-order valence-electron chi connectivity index (χ1n) is 44.3. The highest BCUT2D eigenvalue weighted by Gasteiger charge is 2.65. The Morgan fingerprint density at radius 3 is 1.63 bits per heavy atom. The van der Waals surface area contributed by atoms with E-state index < -0.39 is 0 Å². The standard InChI is InChI=1S/C37H49NO5.C29H45NO2.C28H44N2O2.CH4/c1-22-14-33-34(38(19-22)35(41)42-21-25-8-6-5-7-9-25)24(3)37(43-33)13-12-28-29-11-10-27-15-32(40)26(20-39)18-36(27,4)31(29)16-30(28)23(2)17-37;1-17-12-26-27(30(5)16-17)19(3)29(32-26)11-9-22-23-7-6-20-13-21(31)8-10-28(20,4)25(23)14-24(22)18(2)15-29;1-16-11-24-26(30-14-16)18(3)28(32-24)10-7-20-21-6-5-19-15-29-25(31)8-9-27(19,4)23(21)12-22(20)17(2)13-28;/h5-9,20,22,24,27-29,31,33-34,39H,10-19,21H2,1-4H3;17,19-20,22-23,25-27H,6-16H2,1-5H3;16,18-21,23-24,26,30H,5-15H2,1-4H3,(H,29,31);1H4/b26-20-;;;/t22-,24+,27+,28-,29-,31-,33+,34-,36-,37-;17-,19+,20+,22-,23-,25-,26+,27-,28-,29-;16-,18+,19+,20-,21-,23-,24+,26-,27-,28-;/m000./s1. The Hall–Kier alpha value is -4.14. The predicted octanol–water partition coefficient (Wildman–Crippen LogP) is 19.3. The third-order valence-corrected chi connectivity index (χ3v) is 36.4. The molecular weight excluding hydrogens is 1340 g/mol. The fourth-order valence-corrected chi connectivity index (χ4v) is 30.7. The van der Waals surface area contributed by atoms with Gasteiger partial charge in [0.1, 0.15) is 12.4 Å². The van der Waals surface area contributed by atoms with Crippen molar-refractivity contribution in [2.45, 2.75) is 330 Å². The number of ether oxygens (including phenoxy) is 4. The number of carbonyl (C=O) groups is 4. The number of allylic oxidation sites excluding steroid dienone is 4. The molecule has 7 aliphatic heterocycles. The molecule has 7 saturated heterocycles. The van der Waals surface area contributed by atoms with Crippen LogP contribution in [-0.4, -0.2) is 125 Å². The van der Waals surface area contributed by atoms with Gasteiger partial charge < -0.3 is 44.5 Å². The number of ketones is 2. The van der Waals surface area contributed by atoms with E-state index in [2.05, 4.69) is 106 Å². The third kappa shape index (κ3) is 13.0. The quantitative estimate of drug-likeness (QED) is 0.147. The van der Waals surface area contributed by atoms with Gasteiger partial charge in [-0.05, 0) is 299 Å². The Bertz CT molecular complexity index is 3730. The van der Waals surface area contributed by atoms with Crippen LogP contribution in [0.25, 0.3) is 0 Å². The largest absolute Gasteiger partial charge is 0.515 e. The lowest BCUT2D eigenvalue weighted by molar-refractivity contribution is -0.130. The lowest BCUT2D eigenvalue weighted by Gasteiger charge is -2.52. The number of hydrogen-bond acceptors (Lipinski definition) is 11. The zero-order chi connectivity index (χ0) is 74.8. The summed E-state index contributed by atoms with van der Waals surface area (Å²) in [6.45, 7) is 33.3. The molecule has 3 spiro atoms. The van der Waals surface area contributed by atoms with Crippen LogP contribution in [-0.2, 0) is 39.9 Å². The summed E-state index contributed by atoms with van der Waals surface area (Å²) in [5.74, 6) is 12.6. The minimum Gasteiger partial charge on any atom is -0.515 e. The lowest BCUT2D eigenvalue weighted by atomic mass is 9.51. The number of nitrogens with zero attached hydrogens (tertiary/aromatic N) is 2. The average molecular weight is 1480 g/mol. The van der Waals surface area contributed by atoms with E-state index in [4.69, 9.17) is 18.9 Å². The van der Waals surface area contributed by atoms with Gasteiger partial charge in [0.05, 0.1) is 47.4 Å². The number of rotatable bonds is 2. The van der Waals surface area contributed by atoms with Gasteiger partial charge in [-0.3, -0.25) is 14.4 Å². The van der Waals surface area contributed by atoms with Crippen molar-refractivity contribution in [3.05, 3.63) is 81.2 Å². The maximum Gasteiger partial charge on any atom is 0.410 e. The number of hydrogen-bond donors (Lipinski definition) is 3. The monoisotopic (exact) mass is 1480 g/mol. The molecule has 7 heterocycles. The van der Waals surface area contributed by atoms with Gasteiger partial charge in [-0.15, -0.1) is 0 Å². The van der Waals surface area contributed by atoms with Crippen molar-refractivity contribution in [1.82, 2.24) is 20.4 Å². The summed E-state index contributed by atoms with van der Waals surface area (Å²) >= 11 is 0. The van der Waals surface area contributed by atoms with E-state index in [1.165, 1.54) is 95.6 Å². The molecule has 15 fully saturated rings. The van der Waals surface area contributed by atoms with E-state index >= 15 is 0 Å². The van der Waals surface area contributed by atoms with Crippen LogP contribution in [0.5, 0.6) is 0 Å². The van der Waals surface area contributed by atoms with Crippen molar-refractivity contribution in [3.63, 3.8) is 0 Å². The Morgan fingerprint density at radius 1 is 0.556 bits per heavy atom. The zero-order valence-electron chi connectivity index (χ0n) is 68.3. The first-order chi connectivity index (χ1) is 51.2. The van der Waals surface area contributed by atoms with E-state index in [1.807, 2.05) is 40.8 Å². The maximum atomic E-state index is 13.5. The van der Waals surface area contributed by atoms with Gasteiger partial charge in [-0.2, -0.15) is 0 Å². The number of carbonyl (C=O) groups excluding carboxylic acids is 4. The van der Waals surface area contributed by atoms with Gasteiger partial charge >= 0.3 is 6.09 Å². The minimum absolute atomic E-state index is 0. The number of likely N-dealkylation sites (N-methyl/N-ethyl adjacent to an activating group) is 1. The fraction of sp³-hybridized carbons (Fsp3) is 0.811. The Balaban J connectivity index is 0.000000125. The summed E-state index contributed by atoms with van der Waals surface area (Å²) in [4.78, 5) is 55.2. The Labute approximate surface area is 651 Å². The lowest BCUT2D eigenvalue weighted by Crippen LogP contribution is -2.54. The van der Waals surface area contributed by atoms with E-state index in [9.17, 15) is 24.3 Å². The third-order valence-electron chi connectivity index (χ3n) is 36.4. The second kappa shape index (κ2) is 29.3. The molecule has 11 aliphatic carbocycles. The smallest absolute Gasteiger partial charge is 0.410 e. The summed E-state index contributed by atoms with van der Waals surface area (Å²) in [5, 5.41) is 16.9. The van der Waals surface area contributed by atoms with E-state index in [1.54, 1.807) is 22.3 Å². The van der Waals surface area contributed by atoms with Crippen molar-refractivity contribution in [2.24, 2.45) is 123 Å². The molecule has 19 rings (SSSR count). The van der Waals surface area contributed by atoms with Crippen molar-refractivity contribution >= 4 is 23.6 Å². The first kappa shape index (κ1) is 77.8. The van der Waals surface area contributed by atoms with Gasteiger partial charge in [0.15, 0.2) is 5.78 Å². The molecule has 2 amide bonds. The molecule has 0 bridgehead atoms. The topological polar surface area (TPSA) is 156 Å². The molecule has 1 aromatic rings. The van der Waals surface area contributed by atoms with Gasteiger partial charge in [0, 0.05) is 80.7 Å². The molecular formula is C95H142N4O9. The second-order valence-electron chi connectivity index (χ2n) is 41.8. The predicted molar refractivity (Wildman–Crippen MR) is 427 cm³/mol. The van der Waals surface area contributed by atoms with Crippen LogP contribution in [0.4, 0.5) is 4.79 Å².